The van der Waals surface area contributed by atoms with Crippen LogP contribution in [0.2, 0.25) is 0 Å². The fourth-order valence-electron chi connectivity index (χ4n) is 3.02. The molecule has 0 aliphatic carbocycles. The lowest BCUT2D eigenvalue weighted by Gasteiger charge is -2.29. The summed E-state index contributed by atoms with van der Waals surface area (Å²) < 4.78 is 10.3. The molecule has 1 amide bonds. The van der Waals surface area contributed by atoms with Gasteiger partial charge in [-0.15, -0.1) is 0 Å². The molecule has 1 N–H and O–H groups in total. The number of hydrogen-bond acceptors (Lipinski definition) is 5. The monoisotopic (exact) mass is 368 g/mol. The minimum absolute atomic E-state index is 0.178. The zero-order valence-corrected chi connectivity index (χ0v) is 15.7. The van der Waals surface area contributed by atoms with Gasteiger partial charge in [0.25, 0.3) is 0 Å². The van der Waals surface area contributed by atoms with Crippen molar-refractivity contribution >= 4 is 23.3 Å². The number of ether oxygens (including phenoxy) is 2. The molecule has 1 heterocycles. The van der Waals surface area contributed by atoms with E-state index in [9.17, 15) is 9.59 Å². The van der Waals surface area contributed by atoms with Crippen molar-refractivity contribution in [1.82, 2.24) is 0 Å². The summed E-state index contributed by atoms with van der Waals surface area (Å²) in [5, 5.41) is 2.84. The third-order valence-electron chi connectivity index (χ3n) is 4.54. The number of methoxy groups -OCH3 is 1. The average molecular weight is 368 g/mol. The molecule has 2 aromatic carbocycles. The number of carbonyl (C=O) groups is 2. The lowest BCUT2D eigenvalue weighted by molar-refractivity contribution is -0.115. The summed E-state index contributed by atoms with van der Waals surface area (Å²) in [6.07, 6.45) is 0.242. The number of carbonyl (C=O) groups excluding carboxylic acids is 2. The van der Waals surface area contributed by atoms with E-state index in [0.717, 1.165) is 29.9 Å². The number of rotatable bonds is 5. The molecule has 3 rings (SSSR count). The van der Waals surface area contributed by atoms with Crippen LogP contribution < -0.4 is 10.2 Å². The largest absolute Gasteiger partial charge is 0.465 e. The Bertz CT molecular complexity index is 811. The molecule has 0 spiro atoms. The molecule has 0 saturated carbocycles. The lowest BCUT2D eigenvalue weighted by Crippen LogP contribution is -2.36. The first-order valence-electron chi connectivity index (χ1n) is 8.97. The number of anilines is 2. The molecule has 142 valence electrons. The second kappa shape index (κ2) is 8.68. The Kier molecular flexibility index (Phi) is 6.08. The molecule has 1 aliphatic heterocycles. The van der Waals surface area contributed by atoms with E-state index in [1.54, 1.807) is 12.1 Å². The molecule has 6 nitrogen and oxygen atoms in total. The summed E-state index contributed by atoms with van der Waals surface area (Å²) in [5.41, 5.74) is 3.78. The second-order valence-corrected chi connectivity index (χ2v) is 6.53. The van der Waals surface area contributed by atoms with Crippen LogP contribution in [0.1, 0.15) is 21.5 Å². The van der Waals surface area contributed by atoms with Crippen molar-refractivity contribution < 1.29 is 19.1 Å². The number of aryl methyl sites for hydroxylation is 1. The van der Waals surface area contributed by atoms with Gasteiger partial charge in [0, 0.05) is 18.8 Å². The molecular weight excluding hydrogens is 344 g/mol. The highest BCUT2D eigenvalue weighted by Crippen LogP contribution is 2.25. The normalized spacial score (nSPS) is 13.9. The zero-order chi connectivity index (χ0) is 19.2. The Hall–Kier alpha value is -2.86. The summed E-state index contributed by atoms with van der Waals surface area (Å²) in [6.45, 7) is 4.84. The summed E-state index contributed by atoms with van der Waals surface area (Å²) in [7, 11) is 1.33. The van der Waals surface area contributed by atoms with Crippen LogP contribution in [-0.4, -0.2) is 45.3 Å². The van der Waals surface area contributed by atoms with Crippen LogP contribution in [0.25, 0.3) is 0 Å². The average Bonchev–Trinajstić information content (AvgIpc) is 2.70. The highest BCUT2D eigenvalue weighted by atomic mass is 16.5. The summed E-state index contributed by atoms with van der Waals surface area (Å²) in [4.78, 5) is 26.8. The van der Waals surface area contributed by atoms with Crippen LogP contribution in [-0.2, 0) is 20.7 Å². The molecule has 0 bridgehead atoms. The van der Waals surface area contributed by atoms with Crippen LogP contribution in [0.4, 0.5) is 11.4 Å². The molecule has 27 heavy (non-hydrogen) atoms. The summed E-state index contributed by atoms with van der Waals surface area (Å²) in [6, 6.07) is 13.2. The molecular formula is C21H24N2O4. The molecule has 2 aromatic rings. The Labute approximate surface area is 159 Å². The smallest absolute Gasteiger partial charge is 0.340 e. The highest BCUT2D eigenvalue weighted by Gasteiger charge is 2.18. The van der Waals surface area contributed by atoms with Crippen LogP contribution in [0, 0.1) is 6.92 Å². The van der Waals surface area contributed by atoms with E-state index < -0.39 is 5.97 Å². The van der Waals surface area contributed by atoms with Crippen LogP contribution in [0.3, 0.4) is 0 Å². The van der Waals surface area contributed by atoms with Gasteiger partial charge in [-0.05, 0) is 30.7 Å². The number of nitrogens with one attached hydrogen (secondary N) is 1. The van der Waals surface area contributed by atoms with Gasteiger partial charge < -0.3 is 19.7 Å². The zero-order valence-electron chi connectivity index (χ0n) is 15.7. The fraction of sp³-hybridized carbons (Fsp3) is 0.333. The van der Waals surface area contributed by atoms with Crippen molar-refractivity contribution in [2.24, 2.45) is 0 Å². The van der Waals surface area contributed by atoms with Gasteiger partial charge in [0.2, 0.25) is 5.91 Å². The molecule has 1 saturated heterocycles. The molecule has 1 aliphatic rings. The third-order valence-corrected chi connectivity index (χ3v) is 4.54. The maximum absolute atomic E-state index is 12.4. The quantitative estimate of drug-likeness (QED) is 0.822. The van der Waals surface area contributed by atoms with E-state index in [1.807, 2.05) is 37.3 Å². The van der Waals surface area contributed by atoms with Gasteiger partial charge in [-0.1, -0.05) is 29.8 Å². The first-order valence-corrected chi connectivity index (χ1v) is 8.97. The molecule has 0 unspecified atom stereocenters. The molecule has 0 aromatic heterocycles. The highest BCUT2D eigenvalue weighted by molar-refractivity contribution is 6.02. The topological polar surface area (TPSA) is 67.9 Å². The van der Waals surface area contributed by atoms with Crippen molar-refractivity contribution in [3.05, 3.63) is 59.2 Å². The van der Waals surface area contributed by atoms with Gasteiger partial charge in [0.1, 0.15) is 0 Å². The van der Waals surface area contributed by atoms with Gasteiger partial charge in [-0.3, -0.25) is 4.79 Å². The number of esters is 1. The summed E-state index contributed by atoms with van der Waals surface area (Å²) in [5.74, 6) is -0.654. The second-order valence-electron chi connectivity index (χ2n) is 6.53. The lowest BCUT2D eigenvalue weighted by atomic mass is 10.1. The number of nitrogens with zero attached hydrogens (tertiary/aromatic N) is 1. The van der Waals surface area contributed by atoms with Crippen molar-refractivity contribution in [2.45, 2.75) is 13.3 Å². The predicted molar refractivity (Wildman–Crippen MR) is 104 cm³/mol. The van der Waals surface area contributed by atoms with E-state index in [2.05, 4.69) is 10.2 Å². The minimum atomic E-state index is -0.476. The van der Waals surface area contributed by atoms with Gasteiger partial charge >= 0.3 is 5.97 Å². The van der Waals surface area contributed by atoms with E-state index in [1.165, 1.54) is 7.11 Å². The van der Waals surface area contributed by atoms with Crippen molar-refractivity contribution in [1.29, 1.82) is 0 Å². The first kappa shape index (κ1) is 18.9. The van der Waals surface area contributed by atoms with E-state index in [-0.39, 0.29) is 12.3 Å². The van der Waals surface area contributed by atoms with Crippen LogP contribution in [0.5, 0.6) is 0 Å². The van der Waals surface area contributed by atoms with Crippen LogP contribution in [0.15, 0.2) is 42.5 Å². The van der Waals surface area contributed by atoms with Gasteiger partial charge in [-0.2, -0.15) is 0 Å². The van der Waals surface area contributed by atoms with E-state index in [0.29, 0.717) is 24.5 Å². The number of benzene rings is 2. The van der Waals surface area contributed by atoms with E-state index in [4.69, 9.17) is 9.47 Å². The number of morpholine rings is 1. The van der Waals surface area contributed by atoms with Crippen molar-refractivity contribution in [3.63, 3.8) is 0 Å². The van der Waals surface area contributed by atoms with Gasteiger partial charge in [-0.25, -0.2) is 4.79 Å². The van der Waals surface area contributed by atoms with Gasteiger partial charge in [0.05, 0.1) is 38.0 Å². The van der Waals surface area contributed by atoms with Crippen molar-refractivity contribution in [3.8, 4) is 0 Å². The van der Waals surface area contributed by atoms with Crippen molar-refractivity contribution in [2.75, 3.05) is 43.6 Å². The molecule has 1 fully saturated rings. The first-order chi connectivity index (χ1) is 13.1. The Morgan fingerprint density at radius 1 is 1.11 bits per heavy atom. The number of amides is 1. The molecule has 6 heteroatoms. The fourth-order valence-corrected chi connectivity index (χ4v) is 3.02. The van der Waals surface area contributed by atoms with Crippen LogP contribution >= 0.6 is 0 Å². The molecule has 0 radical (unpaired) electrons. The number of hydrogen-bond donors (Lipinski definition) is 1. The molecule has 0 atom stereocenters. The summed E-state index contributed by atoms with van der Waals surface area (Å²) >= 11 is 0. The van der Waals surface area contributed by atoms with E-state index >= 15 is 0 Å². The maximum atomic E-state index is 12.4. The Morgan fingerprint density at radius 3 is 2.48 bits per heavy atom. The predicted octanol–water partition coefficient (Wildman–Crippen LogP) is 2.80. The SMILES string of the molecule is COC(=O)c1cc(N2CCOCC2)ccc1NC(=O)Cc1ccc(C)cc1. The Morgan fingerprint density at radius 2 is 1.81 bits per heavy atom. The Balaban J connectivity index is 1.77. The maximum Gasteiger partial charge on any atom is 0.340 e. The van der Waals surface area contributed by atoms with Gasteiger partial charge in [0.15, 0.2) is 0 Å². The minimum Gasteiger partial charge on any atom is -0.465 e. The third kappa shape index (κ3) is 4.86. The standard InChI is InChI=1S/C21H24N2O4/c1-15-3-5-16(6-4-15)13-20(24)22-19-8-7-17(14-18(19)21(25)26-2)23-9-11-27-12-10-23/h3-8,14H,9-13H2,1-2H3,(H,22,24).